The Kier molecular flexibility index (Phi) is 4.48. The van der Waals surface area contributed by atoms with E-state index in [4.69, 9.17) is 0 Å². The molecule has 0 unspecified atom stereocenters. The summed E-state index contributed by atoms with van der Waals surface area (Å²) >= 11 is 4.14. The summed E-state index contributed by atoms with van der Waals surface area (Å²) in [4.78, 5) is 14.1. The Morgan fingerprint density at radius 3 is 2.71 bits per heavy atom. The molecule has 1 aliphatic heterocycles. The van der Waals surface area contributed by atoms with Gasteiger partial charge < -0.3 is 4.90 Å². The third kappa shape index (κ3) is 3.25. The van der Waals surface area contributed by atoms with Crippen LogP contribution in [-0.2, 0) is 6.54 Å². The van der Waals surface area contributed by atoms with E-state index in [-0.39, 0.29) is 5.56 Å². The molecule has 0 atom stereocenters. The highest BCUT2D eigenvalue weighted by atomic mass is 32.1. The van der Waals surface area contributed by atoms with E-state index in [0.717, 1.165) is 31.0 Å². The molecule has 1 aliphatic rings. The van der Waals surface area contributed by atoms with Crippen molar-refractivity contribution < 1.29 is 0 Å². The van der Waals surface area contributed by atoms with Gasteiger partial charge in [0.05, 0.1) is 11.9 Å². The van der Waals surface area contributed by atoms with E-state index < -0.39 is 0 Å². The summed E-state index contributed by atoms with van der Waals surface area (Å²) in [7, 11) is 0. The highest BCUT2D eigenvalue weighted by molar-refractivity contribution is 7.80. The van der Waals surface area contributed by atoms with Crippen molar-refractivity contribution in [1.82, 2.24) is 9.78 Å². The van der Waals surface area contributed by atoms with Crippen molar-refractivity contribution in [2.24, 2.45) is 0 Å². The van der Waals surface area contributed by atoms with Crippen LogP contribution in [-0.4, -0.2) is 28.6 Å². The molecule has 2 rings (SSSR count). The third-order valence-electron chi connectivity index (χ3n) is 3.10. The van der Waals surface area contributed by atoms with Gasteiger partial charge in [0.2, 0.25) is 0 Å². The standard InChI is InChI=1S/C12H19N3OS/c16-12-9-11(14-5-2-1-3-6-14)10-13-15(12)7-4-8-17/h9-10,17H,1-8H2. The van der Waals surface area contributed by atoms with Crippen molar-refractivity contribution in [3.05, 3.63) is 22.6 Å². The quantitative estimate of drug-likeness (QED) is 0.828. The molecule has 1 saturated heterocycles. The van der Waals surface area contributed by atoms with E-state index in [1.807, 2.05) is 6.20 Å². The lowest BCUT2D eigenvalue weighted by atomic mass is 10.1. The highest BCUT2D eigenvalue weighted by Gasteiger charge is 2.12. The Bertz CT molecular complexity index is 412. The number of aromatic nitrogens is 2. The summed E-state index contributed by atoms with van der Waals surface area (Å²) in [6.07, 6.45) is 6.40. The fourth-order valence-corrected chi connectivity index (χ4v) is 2.28. The van der Waals surface area contributed by atoms with Crippen molar-refractivity contribution in [3.63, 3.8) is 0 Å². The molecule has 0 N–H and O–H groups in total. The topological polar surface area (TPSA) is 38.1 Å². The number of rotatable bonds is 4. The predicted molar refractivity (Wildman–Crippen MR) is 73.0 cm³/mol. The Balaban J connectivity index is 2.09. The van der Waals surface area contributed by atoms with Crippen LogP contribution in [0.15, 0.2) is 17.1 Å². The van der Waals surface area contributed by atoms with Crippen molar-refractivity contribution in [3.8, 4) is 0 Å². The molecule has 5 heteroatoms. The molecule has 1 aromatic rings. The van der Waals surface area contributed by atoms with Crippen molar-refractivity contribution >= 4 is 18.3 Å². The number of hydrogen-bond acceptors (Lipinski definition) is 4. The number of piperidine rings is 1. The minimum absolute atomic E-state index is 0.00476. The zero-order valence-electron chi connectivity index (χ0n) is 10.0. The summed E-state index contributed by atoms with van der Waals surface area (Å²) in [5.74, 6) is 0.780. The molecule has 0 aromatic carbocycles. The van der Waals surface area contributed by atoms with Crippen LogP contribution in [0.25, 0.3) is 0 Å². The normalized spacial score (nSPS) is 16.2. The number of aryl methyl sites for hydroxylation is 1. The first-order chi connectivity index (χ1) is 8.31. The van der Waals surface area contributed by atoms with Crippen LogP contribution in [0.1, 0.15) is 25.7 Å². The smallest absolute Gasteiger partial charge is 0.268 e. The number of anilines is 1. The maximum absolute atomic E-state index is 11.8. The molecule has 0 radical (unpaired) electrons. The van der Waals surface area contributed by atoms with E-state index >= 15 is 0 Å². The van der Waals surface area contributed by atoms with Gasteiger partial charge in [0.1, 0.15) is 0 Å². The van der Waals surface area contributed by atoms with Crippen molar-refractivity contribution in [1.29, 1.82) is 0 Å². The molecule has 0 bridgehead atoms. The predicted octanol–water partition coefficient (Wildman–Crippen LogP) is 1.55. The summed E-state index contributed by atoms with van der Waals surface area (Å²) in [6, 6.07) is 1.71. The summed E-state index contributed by atoms with van der Waals surface area (Å²) in [5.41, 5.74) is 0.965. The molecule has 94 valence electrons. The molecular weight excluding hydrogens is 234 g/mol. The fraction of sp³-hybridized carbons (Fsp3) is 0.667. The molecule has 1 aromatic heterocycles. The Morgan fingerprint density at radius 2 is 2.06 bits per heavy atom. The largest absolute Gasteiger partial charge is 0.370 e. The molecule has 2 heterocycles. The Morgan fingerprint density at radius 1 is 1.29 bits per heavy atom. The zero-order chi connectivity index (χ0) is 12.1. The van der Waals surface area contributed by atoms with Gasteiger partial charge in [0, 0.05) is 25.7 Å². The summed E-state index contributed by atoms with van der Waals surface area (Å²) in [5, 5.41) is 4.22. The lowest BCUT2D eigenvalue weighted by molar-refractivity contribution is 0.556. The van der Waals surface area contributed by atoms with E-state index in [9.17, 15) is 4.79 Å². The molecule has 4 nitrogen and oxygen atoms in total. The maximum atomic E-state index is 11.8. The monoisotopic (exact) mass is 253 g/mol. The van der Waals surface area contributed by atoms with Crippen LogP contribution in [0.2, 0.25) is 0 Å². The lowest BCUT2D eigenvalue weighted by Gasteiger charge is -2.28. The van der Waals surface area contributed by atoms with Crippen LogP contribution in [0.4, 0.5) is 5.69 Å². The van der Waals surface area contributed by atoms with Gasteiger partial charge >= 0.3 is 0 Å². The highest BCUT2D eigenvalue weighted by Crippen LogP contribution is 2.16. The van der Waals surface area contributed by atoms with Crippen LogP contribution in [0, 0.1) is 0 Å². The minimum Gasteiger partial charge on any atom is -0.370 e. The zero-order valence-corrected chi connectivity index (χ0v) is 10.9. The molecule has 1 fully saturated rings. The van der Waals surface area contributed by atoms with Gasteiger partial charge in [0.25, 0.3) is 5.56 Å². The second kappa shape index (κ2) is 6.10. The van der Waals surface area contributed by atoms with Gasteiger partial charge in [0.15, 0.2) is 0 Å². The third-order valence-corrected chi connectivity index (χ3v) is 3.42. The minimum atomic E-state index is -0.00476. The first-order valence-electron chi connectivity index (χ1n) is 6.24. The number of thiol groups is 1. The van der Waals surface area contributed by atoms with E-state index in [0.29, 0.717) is 6.54 Å². The van der Waals surface area contributed by atoms with Gasteiger partial charge in [-0.3, -0.25) is 4.79 Å². The molecule has 0 amide bonds. The summed E-state index contributed by atoms with van der Waals surface area (Å²) < 4.78 is 1.52. The Labute approximate surface area is 107 Å². The van der Waals surface area contributed by atoms with Gasteiger partial charge in [-0.25, -0.2) is 4.68 Å². The van der Waals surface area contributed by atoms with Crippen LogP contribution in [0.3, 0.4) is 0 Å². The van der Waals surface area contributed by atoms with Crippen molar-refractivity contribution in [2.45, 2.75) is 32.2 Å². The van der Waals surface area contributed by atoms with Crippen molar-refractivity contribution in [2.75, 3.05) is 23.7 Å². The molecule has 0 saturated carbocycles. The molecule has 17 heavy (non-hydrogen) atoms. The molecule has 0 aliphatic carbocycles. The summed E-state index contributed by atoms with van der Waals surface area (Å²) in [6.45, 7) is 2.74. The lowest BCUT2D eigenvalue weighted by Crippen LogP contribution is -2.32. The SMILES string of the molecule is O=c1cc(N2CCCCC2)cnn1CCCS. The van der Waals surface area contributed by atoms with Gasteiger partial charge in [-0.05, 0) is 31.4 Å². The average molecular weight is 253 g/mol. The van der Waals surface area contributed by atoms with E-state index in [1.165, 1.54) is 23.9 Å². The van der Waals surface area contributed by atoms with E-state index in [1.54, 1.807) is 6.07 Å². The fourth-order valence-electron chi connectivity index (χ4n) is 2.14. The van der Waals surface area contributed by atoms with Gasteiger partial charge in [-0.15, -0.1) is 0 Å². The first-order valence-corrected chi connectivity index (χ1v) is 6.87. The number of nitrogens with zero attached hydrogens (tertiary/aromatic N) is 3. The molecule has 0 spiro atoms. The average Bonchev–Trinajstić information content (AvgIpc) is 2.38. The van der Waals surface area contributed by atoms with Gasteiger partial charge in [-0.1, -0.05) is 0 Å². The van der Waals surface area contributed by atoms with Crippen LogP contribution < -0.4 is 10.5 Å². The van der Waals surface area contributed by atoms with Crippen LogP contribution >= 0.6 is 12.6 Å². The Hall–Kier alpha value is -0.970. The van der Waals surface area contributed by atoms with Gasteiger partial charge in [-0.2, -0.15) is 17.7 Å². The van der Waals surface area contributed by atoms with Crippen LogP contribution in [0.5, 0.6) is 0 Å². The second-order valence-electron chi connectivity index (χ2n) is 4.40. The first kappa shape index (κ1) is 12.5. The molecular formula is C12H19N3OS. The number of hydrogen-bond donors (Lipinski definition) is 1. The van der Waals surface area contributed by atoms with E-state index in [2.05, 4.69) is 22.6 Å². The maximum Gasteiger partial charge on any atom is 0.268 e. The second-order valence-corrected chi connectivity index (χ2v) is 4.85.